The number of rotatable bonds is 6. The van der Waals surface area contributed by atoms with Crippen molar-refractivity contribution in [3.05, 3.63) is 71.0 Å². The maximum absolute atomic E-state index is 12.4. The molecule has 7 nitrogen and oxygen atoms in total. The van der Waals surface area contributed by atoms with Gasteiger partial charge in [-0.2, -0.15) is 5.10 Å². The molecule has 1 heterocycles. The number of H-pyrrole nitrogens is 1. The van der Waals surface area contributed by atoms with Gasteiger partial charge in [-0.3, -0.25) is 14.7 Å². The molecule has 0 saturated carbocycles. The molecule has 0 unspecified atom stereocenters. The Kier molecular flexibility index (Phi) is 5.65. The van der Waals surface area contributed by atoms with Crippen LogP contribution in [0, 0.1) is 0 Å². The van der Waals surface area contributed by atoms with Gasteiger partial charge in [-0.25, -0.2) is 0 Å². The number of benzene rings is 2. The predicted molar refractivity (Wildman–Crippen MR) is 101 cm³/mol. The van der Waals surface area contributed by atoms with Crippen LogP contribution in [0.2, 0.25) is 0 Å². The number of halogens is 1. The van der Waals surface area contributed by atoms with E-state index in [0.717, 1.165) is 4.47 Å². The lowest BCUT2D eigenvalue weighted by atomic mass is 10.2. The molecule has 0 aliphatic rings. The highest BCUT2D eigenvalue weighted by Crippen LogP contribution is 2.20. The smallest absolute Gasteiger partial charge is 0.262 e. The van der Waals surface area contributed by atoms with Gasteiger partial charge >= 0.3 is 0 Å². The van der Waals surface area contributed by atoms with Crippen LogP contribution < -0.4 is 15.4 Å². The third-order valence-electron chi connectivity index (χ3n) is 3.37. The first-order valence-electron chi connectivity index (χ1n) is 7.69. The standard InChI is InChI=1S/C18H15BrN4O3/c19-12-5-7-13(8-6-12)22-17(24)11-26-16-4-2-1-3-15(16)18(25)23-14-9-20-21-10-14/h1-10H,11H2,(H,20,21)(H,22,24)(H,23,25). The van der Waals surface area contributed by atoms with Crippen LogP contribution in [-0.2, 0) is 4.79 Å². The largest absolute Gasteiger partial charge is 0.483 e. The maximum Gasteiger partial charge on any atom is 0.262 e. The number of carbonyl (C=O) groups excluding carboxylic acids is 2. The van der Waals surface area contributed by atoms with Gasteiger partial charge in [-0.05, 0) is 36.4 Å². The van der Waals surface area contributed by atoms with E-state index in [0.29, 0.717) is 22.7 Å². The Balaban J connectivity index is 1.61. The number of aromatic amines is 1. The summed E-state index contributed by atoms with van der Waals surface area (Å²) in [6.07, 6.45) is 3.06. The fraction of sp³-hybridized carbons (Fsp3) is 0.0556. The Morgan fingerprint density at radius 1 is 1.04 bits per heavy atom. The zero-order valence-corrected chi connectivity index (χ0v) is 15.1. The number of aromatic nitrogens is 2. The van der Waals surface area contributed by atoms with E-state index >= 15 is 0 Å². The number of carbonyl (C=O) groups is 2. The van der Waals surface area contributed by atoms with Crippen LogP contribution in [0.5, 0.6) is 5.75 Å². The Morgan fingerprint density at radius 3 is 2.54 bits per heavy atom. The highest BCUT2D eigenvalue weighted by molar-refractivity contribution is 9.10. The molecule has 26 heavy (non-hydrogen) atoms. The minimum atomic E-state index is -0.352. The fourth-order valence-electron chi connectivity index (χ4n) is 2.17. The molecule has 1 aromatic heterocycles. The maximum atomic E-state index is 12.4. The minimum absolute atomic E-state index is 0.216. The molecule has 2 aromatic carbocycles. The average molecular weight is 415 g/mol. The van der Waals surface area contributed by atoms with Crippen LogP contribution >= 0.6 is 15.9 Å². The first-order valence-corrected chi connectivity index (χ1v) is 8.48. The zero-order valence-electron chi connectivity index (χ0n) is 13.5. The molecule has 0 saturated heterocycles. The van der Waals surface area contributed by atoms with Crippen molar-refractivity contribution in [2.45, 2.75) is 0 Å². The van der Waals surface area contributed by atoms with Crippen molar-refractivity contribution in [1.29, 1.82) is 0 Å². The number of ether oxygens (including phenoxy) is 1. The summed E-state index contributed by atoms with van der Waals surface area (Å²) in [5.74, 6) is -0.355. The Morgan fingerprint density at radius 2 is 1.81 bits per heavy atom. The van der Waals surface area contributed by atoms with Gasteiger partial charge in [0.2, 0.25) is 0 Å². The average Bonchev–Trinajstić information content (AvgIpc) is 3.15. The van der Waals surface area contributed by atoms with Crippen molar-refractivity contribution in [3.8, 4) is 5.75 Å². The van der Waals surface area contributed by atoms with Gasteiger partial charge in [0.15, 0.2) is 6.61 Å². The normalized spacial score (nSPS) is 10.2. The molecule has 0 aliphatic heterocycles. The van der Waals surface area contributed by atoms with Crippen molar-refractivity contribution in [2.24, 2.45) is 0 Å². The number of hydrogen-bond donors (Lipinski definition) is 3. The van der Waals surface area contributed by atoms with E-state index in [-0.39, 0.29) is 18.4 Å². The predicted octanol–water partition coefficient (Wildman–Crippen LogP) is 3.44. The van der Waals surface area contributed by atoms with Crippen molar-refractivity contribution < 1.29 is 14.3 Å². The summed E-state index contributed by atoms with van der Waals surface area (Å²) in [5, 5.41) is 11.8. The Bertz CT molecular complexity index is 895. The number of amides is 2. The topological polar surface area (TPSA) is 96.1 Å². The van der Waals surface area contributed by atoms with Gasteiger partial charge < -0.3 is 15.4 Å². The van der Waals surface area contributed by atoms with Gasteiger partial charge in [-0.1, -0.05) is 28.1 Å². The number of anilines is 2. The zero-order chi connectivity index (χ0) is 18.4. The number of nitrogens with one attached hydrogen (secondary N) is 3. The van der Waals surface area contributed by atoms with Crippen molar-refractivity contribution in [3.63, 3.8) is 0 Å². The number of para-hydroxylation sites is 1. The Labute approximate surface area is 157 Å². The lowest BCUT2D eigenvalue weighted by Gasteiger charge is -2.11. The van der Waals surface area contributed by atoms with E-state index in [4.69, 9.17) is 4.74 Å². The van der Waals surface area contributed by atoms with Gasteiger partial charge in [0.05, 0.1) is 17.4 Å². The van der Waals surface area contributed by atoms with E-state index in [9.17, 15) is 9.59 Å². The second-order valence-corrected chi connectivity index (χ2v) is 6.20. The van der Waals surface area contributed by atoms with Crippen LogP contribution in [0.15, 0.2) is 65.4 Å². The van der Waals surface area contributed by atoms with Crippen molar-refractivity contribution >= 4 is 39.1 Å². The van der Waals surface area contributed by atoms with Crippen LogP contribution in [0.3, 0.4) is 0 Å². The van der Waals surface area contributed by atoms with Crippen LogP contribution in [-0.4, -0.2) is 28.6 Å². The van der Waals surface area contributed by atoms with Crippen molar-refractivity contribution in [2.75, 3.05) is 17.2 Å². The van der Waals surface area contributed by atoms with Gasteiger partial charge in [-0.15, -0.1) is 0 Å². The highest BCUT2D eigenvalue weighted by Gasteiger charge is 2.14. The molecule has 0 atom stereocenters. The molecule has 8 heteroatoms. The van der Waals surface area contributed by atoms with E-state index in [2.05, 4.69) is 36.8 Å². The van der Waals surface area contributed by atoms with E-state index in [1.54, 1.807) is 42.6 Å². The summed E-state index contributed by atoms with van der Waals surface area (Å²) in [5.41, 5.74) is 1.52. The molecule has 0 aliphatic carbocycles. The molecular weight excluding hydrogens is 400 g/mol. The van der Waals surface area contributed by atoms with Gasteiger partial charge in [0.25, 0.3) is 11.8 Å². The van der Waals surface area contributed by atoms with Crippen LogP contribution in [0.25, 0.3) is 0 Å². The monoisotopic (exact) mass is 414 g/mol. The lowest BCUT2D eigenvalue weighted by molar-refractivity contribution is -0.118. The van der Waals surface area contributed by atoms with E-state index in [1.165, 1.54) is 6.20 Å². The second kappa shape index (κ2) is 8.30. The van der Waals surface area contributed by atoms with Crippen molar-refractivity contribution in [1.82, 2.24) is 10.2 Å². The quantitative estimate of drug-likeness (QED) is 0.575. The lowest BCUT2D eigenvalue weighted by Crippen LogP contribution is -2.21. The SMILES string of the molecule is O=C(COc1ccccc1C(=O)Nc1cn[nH]c1)Nc1ccc(Br)cc1. The first kappa shape index (κ1) is 17.7. The summed E-state index contributed by atoms with van der Waals surface area (Å²) in [4.78, 5) is 24.4. The van der Waals surface area contributed by atoms with Gasteiger partial charge in [0, 0.05) is 16.4 Å². The molecule has 3 aromatic rings. The summed E-state index contributed by atoms with van der Waals surface area (Å²) in [6, 6.07) is 13.9. The summed E-state index contributed by atoms with van der Waals surface area (Å²) < 4.78 is 6.45. The summed E-state index contributed by atoms with van der Waals surface area (Å²) in [6.45, 7) is -0.216. The summed E-state index contributed by atoms with van der Waals surface area (Å²) >= 11 is 3.33. The molecule has 132 valence electrons. The number of nitrogens with zero attached hydrogens (tertiary/aromatic N) is 1. The highest BCUT2D eigenvalue weighted by atomic mass is 79.9. The molecule has 0 radical (unpaired) electrons. The van der Waals surface area contributed by atoms with Crippen LogP contribution in [0.1, 0.15) is 10.4 Å². The Hall–Kier alpha value is -3.13. The minimum Gasteiger partial charge on any atom is -0.483 e. The van der Waals surface area contributed by atoms with Crippen LogP contribution in [0.4, 0.5) is 11.4 Å². The molecule has 2 amide bonds. The van der Waals surface area contributed by atoms with Gasteiger partial charge in [0.1, 0.15) is 5.75 Å². The second-order valence-electron chi connectivity index (χ2n) is 5.28. The first-order chi connectivity index (χ1) is 12.6. The molecule has 0 fully saturated rings. The number of hydrogen-bond acceptors (Lipinski definition) is 4. The molecular formula is C18H15BrN4O3. The summed E-state index contributed by atoms with van der Waals surface area (Å²) in [7, 11) is 0. The van der Waals surface area contributed by atoms with E-state index < -0.39 is 0 Å². The third kappa shape index (κ3) is 4.70. The molecule has 0 bridgehead atoms. The molecule has 3 rings (SSSR count). The molecule has 0 spiro atoms. The van der Waals surface area contributed by atoms with E-state index in [1.807, 2.05) is 12.1 Å². The molecule has 3 N–H and O–H groups in total. The fourth-order valence-corrected chi connectivity index (χ4v) is 2.44. The third-order valence-corrected chi connectivity index (χ3v) is 3.90.